The predicted molar refractivity (Wildman–Crippen MR) is 130 cm³/mol. The molecule has 3 heterocycles. The maximum atomic E-state index is 9.48. The smallest absolute Gasteiger partial charge is 0.145 e. The van der Waals surface area contributed by atoms with Crippen molar-refractivity contribution >= 4 is 27.6 Å². The van der Waals surface area contributed by atoms with E-state index in [-0.39, 0.29) is 0 Å². The molecule has 0 radical (unpaired) electrons. The molecule has 0 aliphatic heterocycles. The summed E-state index contributed by atoms with van der Waals surface area (Å²) in [6, 6.07) is 20.5. The van der Waals surface area contributed by atoms with E-state index in [1.165, 1.54) is 0 Å². The molecule has 32 heavy (non-hydrogen) atoms. The molecule has 2 aromatic carbocycles. The van der Waals surface area contributed by atoms with Crippen LogP contribution in [0.15, 0.2) is 73.2 Å². The van der Waals surface area contributed by atoms with Gasteiger partial charge in [0.15, 0.2) is 0 Å². The third-order valence-corrected chi connectivity index (χ3v) is 5.74. The number of anilines is 1. The topological polar surface area (TPSA) is 66.5 Å². The molecule has 0 fully saturated rings. The third-order valence-electron chi connectivity index (χ3n) is 5.74. The van der Waals surface area contributed by atoms with E-state index in [1.54, 1.807) is 0 Å². The van der Waals surface area contributed by atoms with Crippen LogP contribution < -0.4 is 5.32 Å². The number of pyridine rings is 2. The average Bonchev–Trinajstić information content (AvgIpc) is 3.19. The molecule has 156 valence electrons. The Morgan fingerprint density at radius 3 is 2.78 bits per heavy atom. The van der Waals surface area contributed by atoms with Crippen LogP contribution in [0.25, 0.3) is 38.8 Å². The molecular formula is C27H23N5. The number of fused-ring (bicyclic) bond motifs is 2. The number of hydrogen-bond donors (Lipinski definition) is 1. The predicted octanol–water partition coefficient (Wildman–Crippen LogP) is 6.24. The summed E-state index contributed by atoms with van der Waals surface area (Å²) < 4.78 is 2.10. The Kier molecular flexibility index (Phi) is 5.04. The van der Waals surface area contributed by atoms with Gasteiger partial charge in [0.05, 0.1) is 16.8 Å². The van der Waals surface area contributed by atoms with Crippen LogP contribution in [0.4, 0.5) is 5.69 Å². The SMILES string of the molecule is CCCNc1cc(-n2cc(C)c3c(-c4cnc5ccccc5c4)ccnc32)ccc1C#N. The summed E-state index contributed by atoms with van der Waals surface area (Å²) in [5.41, 5.74) is 7.67. The molecule has 0 bridgehead atoms. The highest BCUT2D eigenvalue weighted by Crippen LogP contribution is 2.34. The average molecular weight is 418 g/mol. The fourth-order valence-corrected chi connectivity index (χ4v) is 4.18. The zero-order valence-corrected chi connectivity index (χ0v) is 18.1. The number of nitriles is 1. The molecule has 5 nitrogen and oxygen atoms in total. The number of nitrogens with zero attached hydrogens (tertiary/aromatic N) is 4. The summed E-state index contributed by atoms with van der Waals surface area (Å²) >= 11 is 0. The van der Waals surface area contributed by atoms with E-state index >= 15 is 0 Å². The van der Waals surface area contributed by atoms with Gasteiger partial charge in [-0.05, 0) is 60.9 Å². The lowest BCUT2D eigenvalue weighted by Gasteiger charge is -2.11. The van der Waals surface area contributed by atoms with E-state index in [4.69, 9.17) is 4.98 Å². The van der Waals surface area contributed by atoms with E-state index in [9.17, 15) is 5.26 Å². The number of hydrogen-bond acceptors (Lipinski definition) is 4. The zero-order valence-electron chi connectivity index (χ0n) is 18.1. The first-order valence-corrected chi connectivity index (χ1v) is 10.8. The van der Waals surface area contributed by atoms with Crippen LogP contribution in [0.1, 0.15) is 24.5 Å². The molecule has 0 unspecified atom stereocenters. The van der Waals surface area contributed by atoms with Crippen molar-refractivity contribution in [1.82, 2.24) is 14.5 Å². The van der Waals surface area contributed by atoms with Crippen molar-refractivity contribution in [2.75, 3.05) is 11.9 Å². The molecule has 5 heteroatoms. The first-order valence-electron chi connectivity index (χ1n) is 10.8. The lowest BCUT2D eigenvalue weighted by atomic mass is 10.0. The first kappa shape index (κ1) is 19.8. The Morgan fingerprint density at radius 2 is 1.94 bits per heavy atom. The van der Waals surface area contributed by atoms with Gasteiger partial charge >= 0.3 is 0 Å². The number of para-hydroxylation sites is 1. The van der Waals surface area contributed by atoms with Crippen molar-refractivity contribution in [3.63, 3.8) is 0 Å². The Morgan fingerprint density at radius 1 is 1.06 bits per heavy atom. The van der Waals surface area contributed by atoms with Gasteiger partial charge in [-0.2, -0.15) is 5.26 Å². The number of aryl methyl sites for hydroxylation is 1. The van der Waals surface area contributed by atoms with Gasteiger partial charge in [0.1, 0.15) is 11.7 Å². The number of nitrogens with one attached hydrogen (secondary N) is 1. The van der Waals surface area contributed by atoms with E-state index in [1.807, 2.05) is 48.8 Å². The van der Waals surface area contributed by atoms with Crippen LogP contribution >= 0.6 is 0 Å². The maximum absolute atomic E-state index is 9.48. The molecule has 1 N–H and O–H groups in total. The summed E-state index contributed by atoms with van der Waals surface area (Å²) in [6.45, 7) is 5.04. The van der Waals surface area contributed by atoms with Crippen molar-refractivity contribution in [3.8, 4) is 22.9 Å². The Labute approximate surface area is 187 Å². The van der Waals surface area contributed by atoms with Gasteiger partial charge in [-0.15, -0.1) is 0 Å². The molecule has 3 aromatic heterocycles. The molecule has 0 spiro atoms. The summed E-state index contributed by atoms with van der Waals surface area (Å²) in [5, 5.41) is 15.1. The van der Waals surface area contributed by atoms with Crippen molar-refractivity contribution in [2.45, 2.75) is 20.3 Å². The minimum atomic E-state index is 0.645. The molecule has 0 saturated carbocycles. The second-order valence-corrected chi connectivity index (χ2v) is 7.92. The summed E-state index contributed by atoms with van der Waals surface area (Å²) in [7, 11) is 0. The van der Waals surface area contributed by atoms with Crippen molar-refractivity contribution in [2.24, 2.45) is 0 Å². The Balaban J connectivity index is 1.67. The lowest BCUT2D eigenvalue weighted by Crippen LogP contribution is -2.03. The van der Waals surface area contributed by atoms with Crippen molar-refractivity contribution in [3.05, 3.63) is 84.3 Å². The lowest BCUT2D eigenvalue weighted by molar-refractivity contribution is 0.977. The van der Waals surface area contributed by atoms with Crippen LogP contribution in [0.3, 0.4) is 0 Å². The Bertz CT molecular complexity index is 1490. The van der Waals surface area contributed by atoms with Gasteiger partial charge in [-0.1, -0.05) is 25.1 Å². The fourth-order valence-electron chi connectivity index (χ4n) is 4.18. The molecular weight excluding hydrogens is 394 g/mol. The number of aromatic nitrogens is 3. The summed E-state index contributed by atoms with van der Waals surface area (Å²) in [6.07, 6.45) is 6.89. The zero-order chi connectivity index (χ0) is 22.1. The highest BCUT2D eigenvalue weighted by Gasteiger charge is 2.15. The van der Waals surface area contributed by atoms with Gasteiger partial charge < -0.3 is 9.88 Å². The van der Waals surface area contributed by atoms with E-state index in [2.05, 4.69) is 59.2 Å². The van der Waals surface area contributed by atoms with Gasteiger partial charge in [-0.3, -0.25) is 4.98 Å². The maximum Gasteiger partial charge on any atom is 0.145 e. The van der Waals surface area contributed by atoms with Crippen LogP contribution in [0.5, 0.6) is 0 Å². The van der Waals surface area contributed by atoms with E-state index in [0.717, 1.165) is 63.0 Å². The van der Waals surface area contributed by atoms with Crippen molar-refractivity contribution in [1.29, 1.82) is 5.26 Å². The molecule has 0 aliphatic rings. The molecule has 0 atom stereocenters. The quantitative estimate of drug-likeness (QED) is 0.367. The minimum Gasteiger partial charge on any atom is -0.384 e. The van der Waals surface area contributed by atoms with Crippen molar-refractivity contribution < 1.29 is 0 Å². The second-order valence-electron chi connectivity index (χ2n) is 7.92. The number of rotatable bonds is 5. The third kappa shape index (κ3) is 3.36. The molecule has 0 saturated heterocycles. The van der Waals surface area contributed by atoms with Crippen LogP contribution in [-0.2, 0) is 0 Å². The highest BCUT2D eigenvalue weighted by atomic mass is 15.0. The summed E-state index contributed by atoms with van der Waals surface area (Å²) in [4.78, 5) is 9.37. The van der Waals surface area contributed by atoms with Crippen LogP contribution in [0.2, 0.25) is 0 Å². The van der Waals surface area contributed by atoms with Gasteiger partial charge in [0, 0.05) is 47.2 Å². The van der Waals surface area contributed by atoms with Gasteiger partial charge in [0.25, 0.3) is 0 Å². The normalized spacial score (nSPS) is 11.0. The Hall–Kier alpha value is -4.17. The van der Waals surface area contributed by atoms with Crippen LogP contribution in [-0.4, -0.2) is 21.1 Å². The summed E-state index contributed by atoms with van der Waals surface area (Å²) in [5.74, 6) is 0. The standard InChI is InChI=1S/C27H23N5/c1-3-11-29-25-14-22(9-8-20(25)15-28)32-17-18(2)26-23(10-12-30-27(26)32)21-13-19-6-4-5-7-24(19)31-16-21/h4-10,12-14,16-17,29H,3,11H2,1-2H3. The fraction of sp³-hybridized carbons (Fsp3) is 0.148. The largest absolute Gasteiger partial charge is 0.384 e. The molecule has 0 amide bonds. The second kappa shape index (κ2) is 8.16. The molecule has 5 rings (SSSR count). The van der Waals surface area contributed by atoms with Gasteiger partial charge in [0.2, 0.25) is 0 Å². The molecule has 0 aliphatic carbocycles. The van der Waals surface area contributed by atoms with Gasteiger partial charge in [-0.25, -0.2) is 4.98 Å². The number of benzene rings is 2. The monoisotopic (exact) mass is 417 g/mol. The first-order chi connectivity index (χ1) is 15.7. The molecule has 5 aromatic rings. The van der Waals surface area contributed by atoms with Crippen LogP contribution in [0, 0.1) is 18.3 Å². The highest BCUT2D eigenvalue weighted by molar-refractivity contribution is 5.98. The van der Waals surface area contributed by atoms with E-state index in [0.29, 0.717) is 5.56 Å². The minimum absolute atomic E-state index is 0.645. The van der Waals surface area contributed by atoms with E-state index < -0.39 is 0 Å².